The molecule has 1 amide bonds. The number of amides is 1. The lowest BCUT2D eigenvalue weighted by Gasteiger charge is -2.16. The molecule has 0 bridgehead atoms. The van der Waals surface area contributed by atoms with E-state index in [-0.39, 0.29) is 24.0 Å². The largest absolute Gasteiger partial charge is 0.333 e. The molecule has 2 heterocycles. The predicted octanol–water partition coefficient (Wildman–Crippen LogP) is 4.33. The molecule has 0 saturated carbocycles. The number of thiazole rings is 1. The average molecular weight is 383 g/mol. The number of benzene rings is 1. The van der Waals surface area contributed by atoms with Crippen LogP contribution in [0.4, 0.5) is 8.78 Å². The highest BCUT2D eigenvalue weighted by Gasteiger charge is 2.19. The Labute approximate surface area is 151 Å². The first-order chi connectivity index (χ1) is 12.0. The number of aromatic nitrogens is 3. The number of halogens is 3. The van der Waals surface area contributed by atoms with Gasteiger partial charge in [-0.1, -0.05) is 23.7 Å². The Bertz CT molecular complexity index is 878. The molecule has 3 rings (SSSR count). The summed E-state index contributed by atoms with van der Waals surface area (Å²) in [5.41, 5.74) is 1.11. The van der Waals surface area contributed by atoms with Crippen molar-refractivity contribution in [1.29, 1.82) is 0 Å². The summed E-state index contributed by atoms with van der Waals surface area (Å²) in [6.07, 6.45) is 2.46. The minimum absolute atomic E-state index is 0.0377. The third-order valence-corrected chi connectivity index (χ3v) is 4.64. The highest BCUT2D eigenvalue weighted by Crippen LogP contribution is 2.25. The normalized spacial score (nSPS) is 11.1. The van der Waals surface area contributed by atoms with Crippen molar-refractivity contribution in [1.82, 2.24) is 19.4 Å². The van der Waals surface area contributed by atoms with Gasteiger partial charge in [0.1, 0.15) is 16.5 Å². The van der Waals surface area contributed by atoms with Crippen molar-refractivity contribution in [2.24, 2.45) is 0 Å². The molecular formula is C16H13ClF2N4OS. The molecule has 0 unspecified atom stereocenters. The Kier molecular flexibility index (Phi) is 5.10. The minimum atomic E-state index is -2.70. The summed E-state index contributed by atoms with van der Waals surface area (Å²) >= 11 is 7.19. The SMILES string of the molecule is CN(Cc1nccn1C(F)F)C(=O)c1csc(-c2ccc(Cl)cc2)n1. The number of nitrogens with zero attached hydrogens (tertiary/aromatic N) is 4. The second-order valence-corrected chi connectivity index (χ2v) is 6.53. The fraction of sp³-hybridized carbons (Fsp3) is 0.188. The van der Waals surface area contributed by atoms with Gasteiger partial charge in [0.15, 0.2) is 0 Å². The first-order valence-electron chi connectivity index (χ1n) is 7.22. The molecule has 0 radical (unpaired) electrons. The summed E-state index contributed by atoms with van der Waals surface area (Å²) in [5.74, 6) is -0.251. The van der Waals surface area contributed by atoms with E-state index in [1.807, 2.05) is 12.1 Å². The van der Waals surface area contributed by atoms with Crippen LogP contribution in [0.1, 0.15) is 22.9 Å². The van der Waals surface area contributed by atoms with E-state index in [0.717, 1.165) is 10.1 Å². The summed E-state index contributed by atoms with van der Waals surface area (Å²) in [7, 11) is 1.52. The van der Waals surface area contributed by atoms with Crippen molar-refractivity contribution in [2.45, 2.75) is 13.1 Å². The Hall–Kier alpha value is -2.32. The van der Waals surface area contributed by atoms with Crippen LogP contribution in [0, 0.1) is 0 Å². The molecule has 0 aliphatic heterocycles. The first-order valence-corrected chi connectivity index (χ1v) is 8.48. The van der Waals surface area contributed by atoms with Gasteiger partial charge in [-0.15, -0.1) is 11.3 Å². The molecule has 130 valence electrons. The van der Waals surface area contributed by atoms with Crippen molar-refractivity contribution in [3.8, 4) is 10.6 Å². The van der Waals surface area contributed by atoms with E-state index in [4.69, 9.17) is 11.6 Å². The smallest absolute Gasteiger partial charge is 0.319 e. The van der Waals surface area contributed by atoms with Crippen molar-refractivity contribution < 1.29 is 13.6 Å². The molecule has 0 atom stereocenters. The number of hydrogen-bond donors (Lipinski definition) is 0. The van der Waals surface area contributed by atoms with Gasteiger partial charge in [-0.3, -0.25) is 9.36 Å². The molecule has 2 aromatic heterocycles. The lowest BCUT2D eigenvalue weighted by molar-refractivity contribution is 0.0611. The third-order valence-electron chi connectivity index (χ3n) is 3.50. The topological polar surface area (TPSA) is 51.0 Å². The zero-order valence-electron chi connectivity index (χ0n) is 13.1. The van der Waals surface area contributed by atoms with Gasteiger partial charge in [-0.25, -0.2) is 9.97 Å². The fourth-order valence-corrected chi connectivity index (χ4v) is 3.15. The van der Waals surface area contributed by atoms with Crippen LogP contribution in [0.2, 0.25) is 5.02 Å². The minimum Gasteiger partial charge on any atom is -0.333 e. The van der Waals surface area contributed by atoms with Crippen LogP contribution in [-0.4, -0.2) is 32.4 Å². The maximum Gasteiger partial charge on any atom is 0.319 e. The van der Waals surface area contributed by atoms with Crippen LogP contribution in [0.25, 0.3) is 10.6 Å². The number of carbonyl (C=O) groups excluding carboxylic acids is 1. The fourth-order valence-electron chi connectivity index (χ4n) is 2.22. The zero-order valence-corrected chi connectivity index (χ0v) is 14.6. The van der Waals surface area contributed by atoms with Gasteiger partial charge in [0, 0.05) is 35.4 Å². The number of carbonyl (C=O) groups is 1. The maximum absolute atomic E-state index is 12.9. The quantitative estimate of drug-likeness (QED) is 0.660. The molecule has 3 aromatic rings. The molecule has 5 nitrogen and oxygen atoms in total. The van der Waals surface area contributed by atoms with Crippen molar-refractivity contribution in [3.05, 3.63) is 58.6 Å². The number of rotatable bonds is 5. The highest BCUT2D eigenvalue weighted by atomic mass is 35.5. The van der Waals surface area contributed by atoms with Gasteiger partial charge < -0.3 is 4.90 Å². The Morgan fingerprint density at radius 1 is 1.36 bits per heavy atom. The molecule has 0 aliphatic carbocycles. The molecule has 0 fully saturated rings. The van der Waals surface area contributed by atoms with Crippen molar-refractivity contribution >= 4 is 28.8 Å². The molecule has 25 heavy (non-hydrogen) atoms. The molecule has 0 aliphatic rings. The average Bonchev–Trinajstić information content (AvgIpc) is 3.24. The van der Waals surface area contributed by atoms with Crippen LogP contribution in [0.15, 0.2) is 42.0 Å². The van der Waals surface area contributed by atoms with E-state index in [1.54, 1.807) is 17.5 Å². The predicted molar refractivity (Wildman–Crippen MR) is 91.8 cm³/mol. The maximum atomic E-state index is 12.9. The Morgan fingerprint density at radius 2 is 2.08 bits per heavy atom. The van der Waals surface area contributed by atoms with Crippen molar-refractivity contribution in [2.75, 3.05) is 7.05 Å². The van der Waals surface area contributed by atoms with E-state index in [2.05, 4.69) is 9.97 Å². The van der Waals surface area contributed by atoms with Crippen LogP contribution in [-0.2, 0) is 6.54 Å². The lowest BCUT2D eigenvalue weighted by atomic mass is 10.2. The highest BCUT2D eigenvalue weighted by molar-refractivity contribution is 7.13. The van der Waals surface area contributed by atoms with E-state index in [1.165, 1.54) is 35.7 Å². The van der Waals surface area contributed by atoms with Gasteiger partial charge in [0.05, 0.1) is 6.54 Å². The van der Waals surface area contributed by atoms with E-state index in [9.17, 15) is 13.6 Å². The molecule has 0 spiro atoms. The first kappa shape index (κ1) is 17.5. The second kappa shape index (κ2) is 7.28. The zero-order chi connectivity index (χ0) is 18.0. The van der Waals surface area contributed by atoms with Gasteiger partial charge in [-0.05, 0) is 12.1 Å². The number of imidazole rings is 1. The van der Waals surface area contributed by atoms with Gasteiger partial charge in [0.2, 0.25) is 0 Å². The summed E-state index contributed by atoms with van der Waals surface area (Å²) in [5, 5.41) is 2.94. The van der Waals surface area contributed by atoms with Gasteiger partial charge in [-0.2, -0.15) is 8.78 Å². The monoisotopic (exact) mass is 382 g/mol. The number of hydrogen-bond acceptors (Lipinski definition) is 4. The molecule has 9 heteroatoms. The summed E-state index contributed by atoms with van der Waals surface area (Å²) in [6, 6.07) is 7.13. The summed E-state index contributed by atoms with van der Waals surface area (Å²) in [6.45, 7) is -2.74. The van der Waals surface area contributed by atoms with Crippen LogP contribution >= 0.6 is 22.9 Å². The molecular weight excluding hydrogens is 370 g/mol. The Balaban J connectivity index is 1.74. The second-order valence-electron chi connectivity index (χ2n) is 5.23. The molecule has 0 N–H and O–H groups in total. The van der Waals surface area contributed by atoms with E-state index >= 15 is 0 Å². The lowest BCUT2D eigenvalue weighted by Crippen LogP contribution is -2.28. The van der Waals surface area contributed by atoms with Gasteiger partial charge >= 0.3 is 6.55 Å². The van der Waals surface area contributed by atoms with Gasteiger partial charge in [0.25, 0.3) is 5.91 Å². The summed E-state index contributed by atoms with van der Waals surface area (Å²) < 4.78 is 26.4. The Morgan fingerprint density at radius 3 is 2.76 bits per heavy atom. The van der Waals surface area contributed by atoms with E-state index < -0.39 is 6.55 Å². The molecule has 0 saturated heterocycles. The molecule has 1 aromatic carbocycles. The van der Waals surface area contributed by atoms with Crippen LogP contribution in [0.3, 0.4) is 0 Å². The third kappa shape index (κ3) is 3.85. The number of alkyl halides is 2. The standard InChI is InChI=1S/C16H13ClF2N4OS/c1-22(8-13-20-6-7-23(13)16(18)19)15(24)12-9-25-14(21-12)10-2-4-11(17)5-3-10/h2-7,9,16H,8H2,1H3. The van der Waals surface area contributed by atoms with E-state index in [0.29, 0.717) is 10.0 Å². The van der Waals surface area contributed by atoms with Crippen molar-refractivity contribution in [3.63, 3.8) is 0 Å². The van der Waals surface area contributed by atoms with Crippen LogP contribution < -0.4 is 0 Å². The summed E-state index contributed by atoms with van der Waals surface area (Å²) in [4.78, 5) is 22.0. The van der Waals surface area contributed by atoms with Crippen LogP contribution in [0.5, 0.6) is 0 Å².